The number of nitriles is 1. The Morgan fingerprint density at radius 1 is 1.19 bits per heavy atom. The molecule has 0 bridgehead atoms. The fourth-order valence-electron chi connectivity index (χ4n) is 3.45. The molecule has 0 aliphatic carbocycles. The van der Waals surface area contributed by atoms with Gasteiger partial charge in [0.1, 0.15) is 18.2 Å². The van der Waals surface area contributed by atoms with Crippen LogP contribution < -0.4 is 14.8 Å². The number of methoxy groups -OCH3 is 1. The maximum Gasteiger partial charge on any atom is 0.296 e. The number of pyridine rings is 2. The summed E-state index contributed by atoms with van der Waals surface area (Å²) >= 11 is 1.04. The summed E-state index contributed by atoms with van der Waals surface area (Å²) in [4.78, 5) is 21.6. The summed E-state index contributed by atoms with van der Waals surface area (Å²) in [5, 5.41) is 20.3. The highest BCUT2D eigenvalue weighted by molar-refractivity contribution is 7.17. The largest absolute Gasteiger partial charge is 0.496 e. The summed E-state index contributed by atoms with van der Waals surface area (Å²) in [6, 6.07) is 11.9. The van der Waals surface area contributed by atoms with E-state index in [1.807, 2.05) is 19.9 Å². The van der Waals surface area contributed by atoms with Gasteiger partial charge in [0.15, 0.2) is 0 Å². The minimum absolute atomic E-state index is 0.134. The Balaban J connectivity index is 1.48. The Hall–Kier alpha value is -4.43. The maximum absolute atomic E-state index is 14.8. The van der Waals surface area contributed by atoms with Crippen LogP contribution in [0.15, 0.2) is 48.8 Å². The maximum atomic E-state index is 14.8. The van der Waals surface area contributed by atoms with E-state index in [4.69, 9.17) is 9.47 Å². The number of benzene rings is 1. The second-order valence-corrected chi connectivity index (χ2v) is 9.52. The van der Waals surface area contributed by atoms with Gasteiger partial charge in [0, 0.05) is 23.7 Å². The lowest BCUT2D eigenvalue weighted by molar-refractivity contribution is 0.102. The number of hydrogen-bond donors (Lipinski definition) is 1. The fraction of sp³-hybridized carbons (Fsp3) is 0.231. The highest BCUT2D eigenvalue weighted by Gasteiger charge is 2.22. The molecule has 4 rings (SSSR count). The Labute approximate surface area is 217 Å². The molecule has 0 unspecified atom stereocenters. The van der Waals surface area contributed by atoms with E-state index in [9.17, 15) is 14.4 Å². The van der Waals surface area contributed by atoms with E-state index >= 15 is 0 Å². The number of ether oxygens (including phenoxy) is 2. The van der Waals surface area contributed by atoms with Gasteiger partial charge in [0.2, 0.25) is 5.13 Å². The molecule has 0 saturated heterocycles. The molecule has 3 heterocycles. The van der Waals surface area contributed by atoms with Crippen LogP contribution >= 0.6 is 11.3 Å². The highest BCUT2D eigenvalue weighted by atomic mass is 32.1. The number of aromatic nitrogens is 4. The lowest BCUT2D eigenvalue weighted by atomic mass is 9.87. The lowest BCUT2D eigenvalue weighted by Crippen LogP contribution is -2.14. The van der Waals surface area contributed by atoms with Gasteiger partial charge in [0.05, 0.1) is 35.4 Å². The third-order valence-electron chi connectivity index (χ3n) is 5.55. The van der Waals surface area contributed by atoms with Crippen LogP contribution in [0.4, 0.5) is 9.52 Å². The van der Waals surface area contributed by atoms with Crippen molar-refractivity contribution in [3.63, 3.8) is 0 Å². The number of hydrogen-bond acceptors (Lipinski definition) is 9. The van der Waals surface area contributed by atoms with Crippen LogP contribution in [0, 0.1) is 24.1 Å². The number of nitrogens with one attached hydrogen (secondary N) is 1. The van der Waals surface area contributed by atoms with Crippen molar-refractivity contribution >= 4 is 22.4 Å². The predicted molar refractivity (Wildman–Crippen MR) is 136 cm³/mol. The van der Waals surface area contributed by atoms with Gasteiger partial charge in [-0.25, -0.2) is 4.39 Å². The molecule has 0 radical (unpaired) electrons. The van der Waals surface area contributed by atoms with E-state index < -0.39 is 17.1 Å². The molecule has 0 saturated carbocycles. The fourth-order valence-corrected chi connectivity index (χ4v) is 4.04. The van der Waals surface area contributed by atoms with Gasteiger partial charge in [-0.05, 0) is 61.9 Å². The smallest absolute Gasteiger partial charge is 0.296 e. The van der Waals surface area contributed by atoms with Crippen LogP contribution in [0.3, 0.4) is 0 Å². The van der Waals surface area contributed by atoms with Gasteiger partial charge < -0.3 is 9.47 Å². The molecule has 11 heteroatoms. The first-order chi connectivity index (χ1) is 17.7. The highest BCUT2D eigenvalue weighted by Crippen LogP contribution is 2.35. The van der Waals surface area contributed by atoms with Gasteiger partial charge in [0.25, 0.3) is 11.1 Å². The summed E-state index contributed by atoms with van der Waals surface area (Å²) in [6.45, 7) is 5.52. The molecule has 0 fully saturated rings. The van der Waals surface area contributed by atoms with Crippen molar-refractivity contribution < 1.29 is 18.7 Å². The summed E-state index contributed by atoms with van der Waals surface area (Å²) in [7, 11) is 1.44. The predicted octanol–water partition coefficient (Wildman–Crippen LogP) is 5.08. The Bertz CT molecular complexity index is 1480. The molecule has 0 aliphatic heterocycles. The number of amides is 1. The summed E-state index contributed by atoms with van der Waals surface area (Å²) < 4.78 is 25.7. The number of halogens is 1. The monoisotopic (exact) mass is 518 g/mol. The van der Waals surface area contributed by atoms with Crippen molar-refractivity contribution in [2.24, 2.45) is 0 Å². The van der Waals surface area contributed by atoms with Crippen LogP contribution in [0.1, 0.15) is 41.2 Å². The van der Waals surface area contributed by atoms with E-state index in [1.54, 1.807) is 31.3 Å². The molecular formula is C26H23FN6O3S. The average molecular weight is 519 g/mol. The van der Waals surface area contributed by atoms with E-state index in [2.05, 4.69) is 31.6 Å². The van der Waals surface area contributed by atoms with Crippen molar-refractivity contribution in [2.75, 3.05) is 12.4 Å². The van der Waals surface area contributed by atoms with Crippen LogP contribution in [0.5, 0.6) is 10.9 Å². The number of aryl methyl sites for hydroxylation is 1. The molecule has 4 aromatic rings. The van der Waals surface area contributed by atoms with Crippen LogP contribution in [0.25, 0.3) is 11.1 Å². The first-order valence-electron chi connectivity index (χ1n) is 11.2. The third-order valence-corrected chi connectivity index (χ3v) is 6.30. The SMILES string of the molecule is COc1cccc(F)c1-c1cc(C)ncc1C(=O)Nc1nnc(OCc2ccc(C(C)(C)C#N)cn2)s1. The van der Waals surface area contributed by atoms with Gasteiger partial charge >= 0.3 is 0 Å². The van der Waals surface area contributed by atoms with E-state index in [0.717, 1.165) is 16.9 Å². The molecule has 0 spiro atoms. The normalized spacial score (nSPS) is 11.0. The minimum atomic E-state index is -0.636. The Morgan fingerprint density at radius 3 is 2.70 bits per heavy atom. The van der Waals surface area contributed by atoms with Crippen LogP contribution in [-0.2, 0) is 12.0 Å². The van der Waals surface area contributed by atoms with Crippen molar-refractivity contribution in [1.29, 1.82) is 5.26 Å². The number of anilines is 1. The zero-order valence-corrected chi connectivity index (χ0v) is 21.4. The second-order valence-electron chi connectivity index (χ2n) is 8.58. The summed E-state index contributed by atoms with van der Waals surface area (Å²) in [5.74, 6) is -0.764. The van der Waals surface area contributed by atoms with Gasteiger partial charge in [-0.2, -0.15) is 5.26 Å². The molecule has 37 heavy (non-hydrogen) atoms. The molecule has 1 amide bonds. The number of carbonyl (C=O) groups excluding carboxylic acids is 1. The summed E-state index contributed by atoms with van der Waals surface area (Å²) in [6.07, 6.45) is 3.03. The third kappa shape index (κ3) is 5.70. The molecule has 1 aromatic carbocycles. The van der Waals surface area contributed by atoms with E-state index in [-0.39, 0.29) is 28.1 Å². The zero-order chi connectivity index (χ0) is 26.6. The molecule has 3 aromatic heterocycles. The van der Waals surface area contributed by atoms with Crippen LogP contribution in [-0.4, -0.2) is 33.2 Å². The second kappa shape index (κ2) is 10.7. The summed E-state index contributed by atoms with van der Waals surface area (Å²) in [5.41, 5.74) is 2.08. The Kier molecular flexibility index (Phi) is 7.40. The van der Waals surface area contributed by atoms with Gasteiger partial charge in [-0.15, -0.1) is 5.10 Å². The van der Waals surface area contributed by atoms with Crippen molar-refractivity contribution in [3.8, 4) is 28.1 Å². The van der Waals surface area contributed by atoms with Crippen molar-refractivity contribution in [3.05, 3.63) is 77.1 Å². The number of rotatable bonds is 8. The van der Waals surface area contributed by atoms with Gasteiger partial charge in [-0.1, -0.05) is 17.2 Å². The van der Waals surface area contributed by atoms with E-state index in [1.165, 1.54) is 25.4 Å². The lowest BCUT2D eigenvalue weighted by Gasteiger charge is -2.15. The van der Waals surface area contributed by atoms with E-state index in [0.29, 0.717) is 22.7 Å². The molecule has 9 nitrogen and oxygen atoms in total. The van der Waals surface area contributed by atoms with Gasteiger partial charge in [-0.3, -0.25) is 20.1 Å². The topological polar surface area (TPSA) is 123 Å². The molecule has 188 valence electrons. The first-order valence-corrected chi connectivity index (χ1v) is 12.0. The zero-order valence-electron chi connectivity index (χ0n) is 20.6. The molecule has 0 aliphatic rings. The number of nitrogens with zero attached hydrogens (tertiary/aromatic N) is 5. The molecule has 1 N–H and O–H groups in total. The molecular weight excluding hydrogens is 495 g/mol. The minimum Gasteiger partial charge on any atom is -0.496 e. The Morgan fingerprint density at radius 2 is 2.00 bits per heavy atom. The average Bonchev–Trinajstić information content (AvgIpc) is 3.34. The standard InChI is InChI=1S/C26H23FN6O3S/c1-15-10-18(22-20(27)6-5-7-21(22)35-4)19(12-29-15)23(34)31-24-32-33-25(37-24)36-13-17-9-8-16(11-30-17)26(2,3)14-28/h5-12H,13H2,1-4H3,(H,31,32,34). The van der Waals surface area contributed by atoms with Crippen molar-refractivity contribution in [1.82, 2.24) is 20.2 Å². The molecule has 0 atom stereocenters. The van der Waals surface area contributed by atoms with Crippen molar-refractivity contribution in [2.45, 2.75) is 32.8 Å². The van der Waals surface area contributed by atoms with Crippen LogP contribution in [0.2, 0.25) is 0 Å². The quantitative estimate of drug-likeness (QED) is 0.342. The number of carbonyl (C=O) groups is 1. The first kappa shape index (κ1) is 25.7.